The number of ketones is 1. The fraction of sp³-hybridized carbons (Fsp3) is 0.340. The molecule has 3 unspecified atom stereocenters. The van der Waals surface area contributed by atoms with Crippen molar-refractivity contribution in [2.75, 3.05) is 47.0 Å². The van der Waals surface area contributed by atoms with Crippen molar-refractivity contribution >= 4 is 52.6 Å². The zero-order chi connectivity index (χ0) is 51.9. The molecule has 382 valence electrons. The van der Waals surface area contributed by atoms with Crippen molar-refractivity contribution < 1.29 is 53.7 Å². The van der Waals surface area contributed by atoms with Gasteiger partial charge in [-0.2, -0.15) is 10.6 Å². The van der Waals surface area contributed by atoms with Gasteiger partial charge in [0, 0.05) is 48.3 Å². The Morgan fingerprint density at radius 3 is 2.12 bits per heavy atom. The number of hydrogen-bond acceptors (Lipinski definition) is 14. The fourth-order valence-electron chi connectivity index (χ4n) is 8.05. The number of nitrogens with zero attached hydrogens (tertiary/aromatic N) is 2. The molecule has 0 fully saturated rings. The van der Waals surface area contributed by atoms with E-state index < -0.39 is 65.7 Å². The van der Waals surface area contributed by atoms with E-state index in [-0.39, 0.29) is 56.1 Å². The minimum atomic E-state index is -2.09. The van der Waals surface area contributed by atoms with Gasteiger partial charge in [0.1, 0.15) is 55.1 Å². The summed E-state index contributed by atoms with van der Waals surface area (Å²) in [6.07, 6.45) is 0.201. The number of aromatic amines is 1. The summed E-state index contributed by atoms with van der Waals surface area (Å²) in [6.45, 7) is 2.23. The van der Waals surface area contributed by atoms with Crippen LogP contribution in [0.5, 0.6) is 11.5 Å². The Balaban J connectivity index is 1.38. The van der Waals surface area contributed by atoms with E-state index in [1.165, 1.54) is 37.7 Å². The Morgan fingerprint density at radius 2 is 1.49 bits per heavy atom. The molecule has 22 heteroatoms. The SMILES string of the molecule is CO[NH2+]c1cn[nH]c1C(=O)C(O)NC(=O)C1Cc2ccc(OCCN)c(c2)-c2cc(ccc2OCCN)C(N(C)C(=O)[C@H](CCCCN)NC(=O)c2ccc(-c3ccc(Cl)cc3)cc2)C(=O)N[C@@H](C)C(=O)N1. The molecule has 2 heterocycles. The van der Waals surface area contributed by atoms with E-state index in [1.54, 1.807) is 72.8 Å². The van der Waals surface area contributed by atoms with Crippen molar-refractivity contribution in [3.8, 4) is 33.8 Å². The topological polar surface area (TPSA) is 325 Å². The third-order valence-electron chi connectivity index (χ3n) is 11.8. The van der Waals surface area contributed by atoms with Crippen LogP contribution in [-0.4, -0.2) is 127 Å². The van der Waals surface area contributed by atoms with E-state index in [4.69, 9.17) is 43.1 Å². The fourth-order valence-corrected chi connectivity index (χ4v) is 8.18. The number of aliphatic hydroxyl groups excluding tert-OH is 1. The Kier molecular flexibility index (Phi) is 19.3. The first-order chi connectivity index (χ1) is 34.7. The highest BCUT2D eigenvalue weighted by atomic mass is 35.5. The molecule has 0 radical (unpaired) electrons. The van der Waals surface area contributed by atoms with Crippen LogP contribution < -0.4 is 53.4 Å². The molecule has 0 spiro atoms. The molecule has 14 N–H and O–H groups in total. The maximum absolute atomic E-state index is 14.9. The highest BCUT2D eigenvalue weighted by Gasteiger charge is 2.37. The van der Waals surface area contributed by atoms with Gasteiger partial charge in [-0.15, -0.1) is 0 Å². The summed E-state index contributed by atoms with van der Waals surface area (Å²) in [5.74, 6) is -3.99. The van der Waals surface area contributed by atoms with Crippen molar-refractivity contribution in [1.29, 1.82) is 0 Å². The molecular formula is C50H61ClN11O10+. The number of quaternary nitrogens is 1. The van der Waals surface area contributed by atoms with Gasteiger partial charge in [-0.1, -0.05) is 48.0 Å². The second-order valence-electron chi connectivity index (χ2n) is 16.9. The number of unbranched alkanes of at least 4 members (excludes halogenated alkanes) is 1. The van der Waals surface area contributed by atoms with Crippen molar-refractivity contribution in [1.82, 2.24) is 36.4 Å². The van der Waals surface area contributed by atoms with Gasteiger partial charge in [-0.3, -0.25) is 33.9 Å². The number of aromatic nitrogens is 2. The predicted molar refractivity (Wildman–Crippen MR) is 266 cm³/mol. The zero-order valence-electron chi connectivity index (χ0n) is 40.1. The van der Waals surface area contributed by atoms with Crippen LogP contribution in [-0.2, 0) is 30.4 Å². The van der Waals surface area contributed by atoms with Crippen LogP contribution in [0.15, 0.2) is 91.1 Å². The normalized spacial score (nSPS) is 16.5. The van der Waals surface area contributed by atoms with Crippen LogP contribution >= 0.6 is 11.6 Å². The smallest absolute Gasteiger partial charge is 0.251 e. The van der Waals surface area contributed by atoms with Gasteiger partial charge in [0.05, 0.1) is 7.11 Å². The van der Waals surface area contributed by atoms with Crippen LogP contribution in [0.2, 0.25) is 5.02 Å². The lowest BCUT2D eigenvalue weighted by Crippen LogP contribution is -2.76. The molecule has 5 amide bonds. The van der Waals surface area contributed by atoms with Crippen LogP contribution in [0.4, 0.5) is 5.69 Å². The van der Waals surface area contributed by atoms with Gasteiger partial charge >= 0.3 is 0 Å². The Bertz CT molecular complexity index is 2700. The van der Waals surface area contributed by atoms with Gasteiger partial charge in [0.2, 0.25) is 35.1 Å². The van der Waals surface area contributed by atoms with E-state index in [1.807, 2.05) is 12.1 Å². The van der Waals surface area contributed by atoms with E-state index in [0.717, 1.165) is 11.1 Å². The number of rotatable bonds is 21. The number of amides is 5. The molecule has 1 aliphatic rings. The molecule has 72 heavy (non-hydrogen) atoms. The lowest BCUT2D eigenvalue weighted by atomic mass is 9.93. The van der Waals surface area contributed by atoms with E-state index in [9.17, 15) is 33.9 Å². The number of halogens is 1. The summed E-state index contributed by atoms with van der Waals surface area (Å²) in [4.78, 5) is 91.2. The number of hydrogen-bond donors (Lipinski definition) is 10. The van der Waals surface area contributed by atoms with Crippen molar-refractivity contribution in [3.05, 3.63) is 119 Å². The average molecular weight is 1010 g/mol. The third kappa shape index (κ3) is 13.6. The lowest BCUT2D eigenvalue weighted by molar-refractivity contribution is -0.830. The molecule has 4 bridgehead atoms. The monoisotopic (exact) mass is 1010 g/mol. The maximum Gasteiger partial charge on any atom is 0.251 e. The number of carbonyl (C=O) groups excluding carboxylic acids is 6. The molecular weight excluding hydrogens is 950 g/mol. The number of ether oxygens (including phenoxy) is 2. The number of aliphatic hydroxyl groups is 1. The van der Waals surface area contributed by atoms with Gasteiger partial charge in [-0.25, -0.2) is 4.84 Å². The first-order valence-corrected chi connectivity index (χ1v) is 23.6. The van der Waals surface area contributed by atoms with Crippen molar-refractivity contribution in [2.24, 2.45) is 17.2 Å². The number of benzene rings is 4. The minimum absolute atomic E-state index is 0.0950. The second-order valence-corrected chi connectivity index (χ2v) is 17.4. The summed E-state index contributed by atoms with van der Waals surface area (Å²) >= 11 is 6.08. The van der Waals surface area contributed by atoms with E-state index in [2.05, 4.69) is 31.5 Å². The molecule has 0 saturated heterocycles. The number of Topliss-reactive ketones (excluding diaryl/α,β-unsaturated/α-hetero) is 1. The lowest BCUT2D eigenvalue weighted by Gasteiger charge is -2.33. The van der Waals surface area contributed by atoms with Gasteiger partial charge in [-0.05, 0) is 104 Å². The molecule has 6 rings (SSSR count). The summed E-state index contributed by atoms with van der Waals surface area (Å²) in [5, 5.41) is 28.4. The van der Waals surface area contributed by atoms with Crippen molar-refractivity contribution in [3.63, 3.8) is 0 Å². The molecule has 0 saturated carbocycles. The Morgan fingerprint density at radius 1 is 0.847 bits per heavy atom. The average Bonchev–Trinajstić information content (AvgIpc) is 3.85. The van der Waals surface area contributed by atoms with Gasteiger partial charge in [0.25, 0.3) is 5.91 Å². The van der Waals surface area contributed by atoms with Crippen molar-refractivity contribution in [2.45, 2.75) is 63.0 Å². The first-order valence-electron chi connectivity index (χ1n) is 23.3. The Hall–Kier alpha value is -7.24. The third-order valence-corrected chi connectivity index (χ3v) is 12.0. The standard InChI is InChI=1S/C50H60ClN11O10/c1-28-45(64)58-38(47(66)59-49(68)44(63)42-39(61-70-3)27-55-60-42)25-29-7-17-40(71-22-20-53)35(24-29)36-26-33(14-18-41(36)72-23-21-54)43(48(67)56-28)62(2)50(69)37(6-4-5-19-52)57-46(65)32-10-8-30(9-11-32)31-12-15-34(51)16-13-31/h7-18,24,26-28,37-38,43,49,61,68H,4-6,19-23,25,52-54H2,1-3H3,(H,55,60)(H,56,67)(H,57,65)(H,58,64)(H,59,66)/p+1/t28-,37-,38?,43?,49?/m0/s1. The quantitative estimate of drug-likeness (QED) is 0.0213. The molecule has 1 aliphatic heterocycles. The Labute approximate surface area is 420 Å². The molecule has 1 aromatic heterocycles. The summed E-state index contributed by atoms with van der Waals surface area (Å²) < 4.78 is 12.3. The largest absolute Gasteiger partial charge is 0.492 e. The zero-order valence-corrected chi connectivity index (χ0v) is 40.9. The highest BCUT2D eigenvalue weighted by Crippen LogP contribution is 2.40. The maximum atomic E-state index is 14.9. The number of H-pyrrole nitrogens is 1. The number of nitrogens with two attached hydrogens (primary N) is 4. The van der Waals surface area contributed by atoms with Crippen LogP contribution in [0.1, 0.15) is 64.2 Å². The molecule has 5 aromatic rings. The number of carbonyl (C=O) groups is 6. The van der Waals surface area contributed by atoms with Crippen LogP contribution in [0.3, 0.4) is 0 Å². The molecule has 4 aromatic carbocycles. The van der Waals surface area contributed by atoms with Crippen LogP contribution in [0, 0.1) is 0 Å². The predicted octanol–water partition coefficient (Wildman–Crippen LogP) is 1.12. The molecule has 0 aliphatic carbocycles. The molecule has 21 nitrogen and oxygen atoms in total. The number of nitrogens with one attached hydrogen (secondary N) is 5. The van der Waals surface area contributed by atoms with Gasteiger partial charge < -0.3 is 57.9 Å². The first kappa shape index (κ1) is 54.1. The summed E-state index contributed by atoms with van der Waals surface area (Å²) in [5.41, 5.74) is 22.5. The number of likely N-dealkylation sites (N-methyl/N-ethyl adjacent to an activating group) is 1. The van der Waals surface area contributed by atoms with E-state index in [0.29, 0.717) is 58.2 Å². The summed E-state index contributed by atoms with van der Waals surface area (Å²) in [6, 6.07) is 18.7. The van der Waals surface area contributed by atoms with Crippen LogP contribution in [0.25, 0.3) is 22.3 Å². The minimum Gasteiger partial charge on any atom is -0.492 e. The molecule has 5 atom stereocenters. The van der Waals surface area contributed by atoms with E-state index >= 15 is 0 Å². The van der Waals surface area contributed by atoms with Gasteiger partial charge in [0.15, 0.2) is 11.9 Å². The second kappa shape index (κ2) is 25.7. The highest BCUT2D eigenvalue weighted by molar-refractivity contribution is 6.30. The summed E-state index contributed by atoms with van der Waals surface area (Å²) in [7, 11) is 2.78. The number of fused-ring (bicyclic) bond motifs is 5.